The van der Waals surface area contributed by atoms with Gasteiger partial charge in [-0.2, -0.15) is 0 Å². The Morgan fingerprint density at radius 2 is 2.13 bits per heavy atom. The minimum Gasteiger partial charge on any atom is -0.294 e. The number of ketones is 1. The second-order valence-corrected chi connectivity index (χ2v) is 4.98. The lowest BCUT2D eigenvalue weighted by atomic mass is 10.1. The summed E-state index contributed by atoms with van der Waals surface area (Å²) in [6.07, 6.45) is 3.73. The first-order valence-electron chi connectivity index (χ1n) is 4.42. The van der Waals surface area contributed by atoms with Gasteiger partial charge in [0.25, 0.3) is 0 Å². The minimum absolute atomic E-state index is 0.131. The van der Waals surface area contributed by atoms with Gasteiger partial charge in [-0.25, -0.2) is 0 Å². The third-order valence-electron chi connectivity index (χ3n) is 1.96. The first-order valence-corrected chi connectivity index (χ1v) is 6.09. The van der Waals surface area contributed by atoms with Crippen molar-refractivity contribution < 1.29 is 4.79 Å². The van der Waals surface area contributed by atoms with E-state index in [0.29, 0.717) is 6.42 Å². The van der Waals surface area contributed by atoms with Crippen molar-refractivity contribution in [2.75, 3.05) is 0 Å². The van der Waals surface area contributed by atoms with E-state index in [9.17, 15) is 4.79 Å². The minimum atomic E-state index is 0.131. The number of nitrogens with zero attached hydrogens (tertiary/aromatic N) is 1. The smallest absolute Gasteiger partial charge is 0.168 e. The number of thiophene rings is 1. The molecule has 0 saturated heterocycles. The molecule has 0 fully saturated rings. The largest absolute Gasteiger partial charge is 0.294 e. The zero-order valence-electron chi connectivity index (χ0n) is 7.81. The summed E-state index contributed by atoms with van der Waals surface area (Å²) in [6.45, 7) is 0. The fourth-order valence-electron chi connectivity index (χ4n) is 1.24. The van der Waals surface area contributed by atoms with Gasteiger partial charge in [-0.3, -0.25) is 9.78 Å². The molecule has 0 atom stereocenters. The van der Waals surface area contributed by atoms with Gasteiger partial charge in [-0.1, -0.05) is 0 Å². The highest BCUT2D eigenvalue weighted by molar-refractivity contribution is 9.10. The van der Waals surface area contributed by atoms with E-state index in [1.807, 2.05) is 11.4 Å². The number of carbonyl (C=O) groups excluding carboxylic acids is 1. The highest BCUT2D eigenvalue weighted by Gasteiger charge is 2.07. The number of carbonyl (C=O) groups is 1. The average molecular weight is 282 g/mol. The standard InChI is InChI=1S/C11H8BrNOS/c12-9-5-10(15-7-9)6-11(14)8-1-3-13-4-2-8/h1-5,7H,6H2. The molecule has 2 heterocycles. The Morgan fingerprint density at radius 1 is 1.40 bits per heavy atom. The van der Waals surface area contributed by atoms with Crippen molar-refractivity contribution >= 4 is 33.0 Å². The van der Waals surface area contributed by atoms with Crippen LogP contribution in [0.2, 0.25) is 0 Å². The van der Waals surface area contributed by atoms with Crippen LogP contribution in [0.3, 0.4) is 0 Å². The molecule has 0 saturated carbocycles. The van der Waals surface area contributed by atoms with Crippen molar-refractivity contribution in [1.82, 2.24) is 4.98 Å². The SMILES string of the molecule is O=C(Cc1cc(Br)cs1)c1ccncc1. The molecule has 15 heavy (non-hydrogen) atoms. The number of Topliss-reactive ketones (excluding diaryl/α,β-unsaturated/α-hetero) is 1. The van der Waals surface area contributed by atoms with E-state index < -0.39 is 0 Å². The summed E-state index contributed by atoms with van der Waals surface area (Å²) < 4.78 is 1.03. The molecule has 0 radical (unpaired) electrons. The molecule has 0 aliphatic carbocycles. The monoisotopic (exact) mass is 281 g/mol. The lowest BCUT2D eigenvalue weighted by Crippen LogP contribution is -2.01. The van der Waals surface area contributed by atoms with E-state index in [2.05, 4.69) is 20.9 Å². The molecule has 2 nitrogen and oxygen atoms in total. The quantitative estimate of drug-likeness (QED) is 0.808. The van der Waals surface area contributed by atoms with Gasteiger partial charge in [-0.15, -0.1) is 11.3 Å². The van der Waals surface area contributed by atoms with Crippen LogP contribution < -0.4 is 0 Å². The van der Waals surface area contributed by atoms with Crippen molar-refractivity contribution in [1.29, 1.82) is 0 Å². The Morgan fingerprint density at radius 3 is 2.73 bits per heavy atom. The van der Waals surface area contributed by atoms with Crippen LogP contribution in [0, 0.1) is 0 Å². The van der Waals surface area contributed by atoms with Gasteiger partial charge in [-0.05, 0) is 34.1 Å². The van der Waals surface area contributed by atoms with Gasteiger partial charge in [0, 0.05) is 39.1 Å². The van der Waals surface area contributed by atoms with Gasteiger partial charge in [0.2, 0.25) is 0 Å². The lowest BCUT2D eigenvalue weighted by molar-refractivity contribution is 0.0993. The van der Waals surface area contributed by atoms with Gasteiger partial charge >= 0.3 is 0 Å². The van der Waals surface area contributed by atoms with Crippen molar-refractivity contribution in [2.45, 2.75) is 6.42 Å². The number of halogens is 1. The fraction of sp³-hybridized carbons (Fsp3) is 0.0909. The Bertz CT molecular complexity index is 466. The average Bonchev–Trinajstić information content (AvgIpc) is 2.65. The summed E-state index contributed by atoms with van der Waals surface area (Å²) >= 11 is 4.96. The van der Waals surface area contributed by atoms with E-state index in [-0.39, 0.29) is 5.78 Å². The molecular formula is C11H8BrNOS. The zero-order chi connectivity index (χ0) is 10.7. The van der Waals surface area contributed by atoms with E-state index in [1.54, 1.807) is 35.9 Å². The van der Waals surface area contributed by atoms with Crippen molar-refractivity contribution in [3.8, 4) is 0 Å². The highest BCUT2D eigenvalue weighted by atomic mass is 79.9. The molecular weight excluding hydrogens is 274 g/mol. The first-order chi connectivity index (χ1) is 7.25. The number of hydrogen-bond donors (Lipinski definition) is 0. The summed E-state index contributed by atoms with van der Waals surface area (Å²) in [7, 11) is 0. The second-order valence-electron chi connectivity index (χ2n) is 3.07. The predicted octanol–water partition coefficient (Wildman–Crippen LogP) is 3.33. The second kappa shape index (κ2) is 4.68. The van der Waals surface area contributed by atoms with Crippen molar-refractivity contribution in [3.63, 3.8) is 0 Å². The third kappa shape index (κ3) is 2.73. The van der Waals surface area contributed by atoms with Gasteiger partial charge in [0.1, 0.15) is 0 Å². The van der Waals surface area contributed by atoms with Crippen LogP contribution in [0.15, 0.2) is 40.4 Å². The molecule has 0 amide bonds. The van der Waals surface area contributed by atoms with Gasteiger partial charge in [0.05, 0.1) is 0 Å². The topological polar surface area (TPSA) is 30.0 Å². The van der Waals surface area contributed by atoms with Gasteiger partial charge in [0.15, 0.2) is 5.78 Å². The summed E-state index contributed by atoms with van der Waals surface area (Å²) in [5.41, 5.74) is 0.717. The normalized spacial score (nSPS) is 10.2. The van der Waals surface area contributed by atoms with Crippen LogP contribution in [0.25, 0.3) is 0 Å². The maximum atomic E-state index is 11.8. The van der Waals surface area contributed by atoms with E-state index in [1.165, 1.54) is 0 Å². The van der Waals surface area contributed by atoms with Crippen LogP contribution in [-0.4, -0.2) is 10.8 Å². The summed E-state index contributed by atoms with van der Waals surface area (Å²) in [5.74, 6) is 0.131. The number of aromatic nitrogens is 1. The Balaban J connectivity index is 2.11. The van der Waals surface area contributed by atoms with Crippen LogP contribution in [-0.2, 0) is 6.42 Å². The maximum absolute atomic E-state index is 11.8. The molecule has 0 bridgehead atoms. The molecule has 76 valence electrons. The molecule has 0 aromatic carbocycles. The number of rotatable bonds is 3. The van der Waals surface area contributed by atoms with Crippen LogP contribution in [0.4, 0.5) is 0 Å². The molecule has 0 aliphatic rings. The fourth-order valence-corrected chi connectivity index (χ4v) is 2.69. The van der Waals surface area contributed by atoms with Crippen molar-refractivity contribution in [2.24, 2.45) is 0 Å². The zero-order valence-corrected chi connectivity index (χ0v) is 10.2. The van der Waals surface area contributed by atoms with E-state index in [0.717, 1.165) is 14.9 Å². The Kier molecular flexibility index (Phi) is 3.28. The highest BCUT2D eigenvalue weighted by Crippen LogP contribution is 2.21. The Labute approximate surface area is 100 Å². The maximum Gasteiger partial charge on any atom is 0.168 e. The molecule has 4 heteroatoms. The summed E-state index contributed by atoms with van der Waals surface area (Å²) in [6, 6.07) is 5.46. The molecule has 0 unspecified atom stereocenters. The van der Waals surface area contributed by atoms with E-state index in [4.69, 9.17) is 0 Å². The predicted molar refractivity (Wildman–Crippen MR) is 64.3 cm³/mol. The third-order valence-corrected chi connectivity index (χ3v) is 3.66. The van der Waals surface area contributed by atoms with Crippen LogP contribution >= 0.6 is 27.3 Å². The molecule has 0 spiro atoms. The molecule has 2 rings (SSSR count). The van der Waals surface area contributed by atoms with E-state index >= 15 is 0 Å². The number of hydrogen-bond acceptors (Lipinski definition) is 3. The summed E-state index contributed by atoms with van der Waals surface area (Å²) in [5, 5.41) is 1.98. The molecule has 2 aromatic rings. The Hall–Kier alpha value is -1.00. The molecule has 0 N–H and O–H groups in total. The molecule has 2 aromatic heterocycles. The van der Waals surface area contributed by atoms with Crippen LogP contribution in [0.1, 0.15) is 15.2 Å². The molecule has 0 aliphatic heterocycles. The van der Waals surface area contributed by atoms with Crippen LogP contribution in [0.5, 0.6) is 0 Å². The lowest BCUT2D eigenvalue weighted by Gasteiger charge is -1.97. The first kappa shape index (κ1) is 10.5. The van der Waals surface area contributed by atoms with Gasteiger partial charge < -0.3 is 0 Å². The van der Waals surface area contributed by atoms with Crippen molar-refractivity contribution in [3.05, 3.63) is 50.9 Å². The number of pyridine rings is 1. The summed E-state index contributed by atoms with van der Waals surface area (Å²) in [4.78, 5) is 16.7.